The first-order valence-electron chi connectivity index (χ1n) is 4.95. The van der Waals surface area contributed by atoms with E-state index in [1.54, 1.807) is 38.5 Å². The Morgan fingerprint density at radius 2 is 1.30 bits per heavy atom. The highest BCUT2D eigenvalue weighted by Gasteiger charge is 2.48. The van der Waals surface area contributed by atoms with E-state index in [-0.39, 0.29) is 0 Å². The molecule has 0 spiro atoms. The maximum absolute atomic E-state index is 1.62. The van der Waals surface area contributed by atoms with Crippen molar-refractivity contribution in [3.05, 3.63) is 0 Å². The molecule has 4 atom stereocenters. The molecule has 3 aliphatic carbocycles. The Morgan fingerprint density at radius 3 is 1.90 bits per heavy atom. The Labute approximate surface area is 63.0 Å². The predicted molar refractivity (Wildman–Crippen MR) is 41.7 cm³/mol. The van der Waals surface area contributed by atoms with Crippen LogP contribution in [0.5, 0.6) is 0 Å². The van der Waals surface area contributed by atoms with E-state index in [1.165, 1.54) is 23.7 Å². The number of fused-ring (bicyclic) bond motifs is 5. The maximum Gasteiger partial charge on any atom is -0.0355 e. The van der Waals surface area contributed by atoms with Crippen LogP contribution in [0.1, 0.15) is 38.5 Å². The van der Waals surface area contributed by atoms with Gasteiger partial charge in [-0.25, -0.2) is 0 Å². The van der Waals surface area contributed by atoms with Crippen LogP contribution in [-0.4, -0.2) is 0 Å². The fourth-order valence-corrected chi connectivity index (χ4v) is 4.02. The van der Waals surface area contributed by atoms with Crippen LogP contribution in [0.25, 0.3) is 0 Å². The summed E-state index contributed by atoms with van der Waals surface area (Å²) >= 11 is 0. The summed E-state index contributed by atoms with van der Waals surface area (Å²) in [4.78, 5) is 0. The lowest BCUT2D eigenvalue weighted by Gasteiger charge is -2.23. The van der Waals surface area contributed by atoms with Gasteiger partial charge in [0.1, 0.15) is 0 Å². The Morgan fingerprint density at radius 1 is 0.700 bits per heavy atom. The van der Waals surface area contributed by atoms with Crippen LogP contribution in [-0.2, 0) is 0 Å². The Kier molecular flexibility index (Phi) is 1.00. The van der Waals surface area contributed by atoms with Crippen LogP contribution >= 0.6 is 0 Å². The van der Waals surface area contributed by atoms with Gasteiger partial charge in [-0.2, -0.15) is 0 Å². The van der Waals surface area contributed by atoms with Gasteiger partial charge in [-0.15, -0.1) is 0 Å². The molecule has 0 heteroatoms. The Hall–Kier alpha value is 0. The molecule has 0 aromatic rings. The zero-order chi connectivity index (χ0) is 6.55. The van der Waals surface area contributed by atoms with Gasteiger partial charge in [-0.1, -0.05) is 6.42 Å². The minimum absolute atomic E-state index is 1.19. The third kappa shape index (κ3) is 0.538. The van der Waals surface area contributed by atoms with Crippen LogP contribution in [0.2, 0.25) is 0 Å². The van der Waals surface area contributed by atoms with Gasteiger partial charge in [0.25, 0.3) is 0 Å². The van der Waals surface area contributed by atoms with Crippen molar-refractivity contribution < 1.29 is 0 Å². The average Bonchev–Trinajstić information content (AvgIpc) is 2.60. The molecule has 0 nitrogen and oxygen atoms in total. The maximum atomic E-state index is 1.62. The lowest BCUT2D eigenvalue weighted by molar-refractivity contribution is 0.259. The average molecular weight is 136 g/mol. The summed E-state index contributed by atoms with van der Waals surface area (Å²) in [5.41, 5.74) is 0. The van der Waals surface area contributed by atoms with Gasteiger partial charge in [0.05, 0.1) is 0 Å². The summed E-state index contributed by atoms with van der Waals surface area (Å²) in [5, 5.41) is 0. The Balaban J connectivity index is 1.92. The molecule has 0 saturated heterocycles. The highest BCUT2D eigenvalue weighted by atomic mass is 14.5. The van der Waals surface area contributed by atoms with Crippen molar-refractivity contribution in [3.63, 3.8) is 0 Å². The minimum atomic E-state index is 1.19. The molecule has 0 radical (unpaired) electrons. The second-order valence-corrected chi connectivity index (χ2v) is 4.59. The molecule has 3 saturated carbocycles. The SMILES string of the molecule is C1CC2C(C1)[C@@H]1CC[C@@H]2C1. The summed E-state index contributed by atoms with van der Waals surface area (Å²) in [6, 6.07) is 0. The van der Waals surface area contributed by atoms with Gasteiger partial charge in [0.15, 0.2) is 0 Å². The summed E-state index contributed by atoms with van der Waals surface area (Å²) in [6.45, 7) is 0. The van der Waals surface area contributed by atoms with Crippen LogP contribution in [0.3, 0.4) is 0 Å². The van der Waals surface area contributed by atoms with E-state index in [9.17, 15) is 0 Å². The van der Waals surface area contributed by atoms with Crippen molar-refractivity contribution in [2.75, 3.05) is 0 Å². The number of rotatable bonds is 0. The van der Waals surface area contributed by atoms with E-state index >= 15 is 0 Å². The molecule has 10 heavy (non-hydrogen) atoms. The van der Waals surface area contributed by atoms with Gasteiger partial charge in [-0.3, -0.25) is 0 Å². The molecule has 3 aliphatic rings. The van der Waals surface area contributed by atoms with Crippen molar-refractivity contribution in [2.45, 2.75) is 38.5 Å². The van der Waals surface area contributed by atoms with E-state index in [1.807, 2.05) is 0 Å². The van der Waals surface area contributed by atoms with E-state index in [4.69, 9.17) is 0 Å². The topological polar surface area (TPSA) is 0 Å². The summed E-state index contributed by atoms with van der Waals surface area (Å²) in [7, 11) is 0. The molecule has 0 N–H and O–H groups in total. The molecule has 0 aromatic heterocycles. The summed E-state index contributed by atoms with van der Waals surface area (Å²) in [6.07, 6.45) is 9.53. The third-order valence-electron chi connectivity index (χ3n) is 4.35. The molecule has 0 aromatic carbocycles. The van der Waals surface area contributed by atoms with Gasteiger partial charge in [-0.05, 0) is 55.8 Å². The van der Waals surface area contributed by atoms with Gasteiger partial charge >= 0.3 is 0 Å². The molecular weight excluding hydrogens is 120 g/mol. The van der Waals surface area contributed by atoms with E-state index in [0.717, 1.165) is 0 Å². The second-order valence-electron chi connectivity index (χ2n) is 4.59. The molecular formula is C10H16. The molecule has 0 amide bonds. The first-order valence-corrected chi connectivity index (χ1v) is 4.95. The molecule has 0 aliphatic heterocycles. The third-order valence-corrected chi connectivity index (χ3v) is 4.35. The summed E-state index contributed by atoms with van der Waals surface area (Å²) < 4.78 is 0. The lowest BCUT2D eigenvalue weighted by atomic mass is 9.82. The second kappa shape index (κ2) is 1.78. The molecule has 3 rings (SSSR count). The monoisotopic (exact) mass is 136 g/mol. The van der Waals surface area contributed by atoms with Crippen molar-refractivity contribution in [1.29, 1.82) is 0 Å². The van der Waals surface area contributed by atoms with Gasteiger partial charge in [0, 0.05) is 0 Å². The van der Waals surface area contributed by atoms with E-state index < -0.39 is 0 Å². The molecule has 3 fully saturated rings. The Bertz CT molecular complexity index is 134. The fraction of sp³-hybridized carbons (Fsp3) is 1.00. The lowest BCUT2D eigenvalue weighted by Crippen LogP contribution is -2.15. The van der Waals surface area contributed by atoms with Crippen molar-refractivity contribution in [1.82, 2.24) is 0 Å². The number of hydrogen-bond acceptors (Lipinski definition) is 0. The smallest absolute Gasteiger partial charge is 0.0355 e. The highest BCUT2D eigenvalue weighted by Crippen LogP contribution is 2.58. The number of hydrogen-bond donors (Lipinski definition) is 0. The van der Waals surface area contributed by atoms with Crippen molar-refractivity contribution in [3.8, 4) is 0 Å². The van der Waals surface area contributed by atoms with E-state index in [2.05, 4.69) is 0 Å². The van der Waals surface area contributed by atoms with Crippen LogP contribution in [0.15, 0.2) is 0 Å². The standard InChI is InChI=1S/C10H16/c1-2-9-7-4-5-8(6-7)10(9)3-1/h7-10H,1-6H2/t7-,8-,9?,10?/m1/s1. The van der Waals surface area contributed by atoms with Crippen LogP contribution in [0, 0.1) is 23.7 Å². The zero-order valence-electron chi connectivity index (χ0n) is 6.55. The largest absolute Gasteiger partial charge is 0.0527 e. The van der Waals surface area contributed by atoms with Gasteiger partial charge in [0.2, 0.25) is 0 Å². The normalized spacial score (nSPS) is 57.6. The molecule has 2 unspecified atom stereocenters. The first-order chi connectivity index (χ1) is 4.95. The fourth-order valence-electron chi connectivity index (χ4n) is 4.02. The molecule has 56 valence electrons. The van der Waals surface area contributed by atoms with Crippen LogP contribution < -0.4 is 0 Å². The zero-order valence-corrected chi connectivity index (χ0v) is 6.55. The molecule has 2 bridgehead atoms. The van der Waals surface area contributed by atoms with Crippen LogP contribution in [0.4, 0.5) is 0 Å². The predicted octanol–water partition coefficient (Wildman–Crippen LogP) is 2.83. The van der Waals surface area contributed by atoms with Gasteiger partial charge < -0.3 is 0 Å². The quantitative estimate of drug-likeness (QED) is 0.480. The summed E-state index contributed by atoms with van der Waals surface area (Å²) in [5.74, 6) is 4.80. The highest BCUT2D eigenvalue weighted by molar-refractivity contribution is 4.98. The first kappa shape index (κ1) is 5.62. The van der Waals surface area contributed by atoms with E-state index in [0.29, 0.717) is 0 Å². The van der Waals surface area contributed by atoms with Crippen molar-refractivity contribution in [2.24, 2.45) is 23.7 Å². The van der Waals surface area contributed by atoms with Crippen molar-refractivity contribution >= 4 is 0 Å². The molecule has 0 heterocycles. The minimum Gasteiger partial charge on any atom is -0.0527 e.